The van der Waals surface area contributed by atoms with Crippen molar-refractivity contribution in [2.24, 2.45) is 5.41 Å². The number of nitrogens with zero attached hydrogens (tertiary/aromatic N) is 1. The Hall–Kier alpha value is -1.05. The Labute approximate surface area is 85.7 Å². The third-order valence-electron chi connectivity index (χ3n) is 3.26. The van der Waals surface area contributed by atoms with Crippen molar-refractivity contribution in [3.05, 3.63) is 24.5 Å². The van der Waals surface area contributed by atoms with E-state index in [1.807, 2.05) is 18.5 Å². The molecule has 0 spiro atoms. The predicted octanol–water partition coefficient (Wildman–Crippen LogP) is 3.07. The molecule has 0 saturated heterocycles. The maximum atomic E-state index is 4.11. The monoisotopic (exact) mass is 190 g/mol. The van der Waals surface area contributed by atoms with Crippen molar-refractivity contribution in [3.63, 3.8) is 0 Å². The molecule has 1 atom stereocenters. The number of hydrogen-bond donors (Lipinski definition) is 1. The maximum Gasteiger partial charge on any atom is 0.0529 e. The molecule has 1 heterocycles. The van der Waals surface area contributed by atoms with E-state index in [0.717, 1.165) is 5.69 Å². The van der Waals surface area contributed by atoms with Crippen LogP contribution < -0.4 is 5.32 Å². The largest absolute Gasteiger partial charge is 0.381 e. The van der Waals surface area contributed by atoms with Gasteiger partial charge in [0, 0.05) is 18.4 Å². The Morgan fingerprint density at radius 2 is 2.36 bits per heavy atom. The smallest absolute Gasteiger partial charge is 0.0529 e. The van der Waals surface area contributed by atoms with E-state index in [-0.39, 0.29) is 0 Å². The van der Waals surface area contributed by atoms with E-state index in [9.17, 15) is 0 Å². The summed E-state index contributed by atoms with van der Waals surface area (Å²) < 4.78 is 0. The minimum absolute atomic E-state index is 0.426. The Morgan fingerprint density at radius 3 is 2.93 bits per heavy atom. The van der Waals surface area contributed by atoms with Crippen LogP contribution >= 0.6 is 0 Å². The Kier molecular flexibility index (Phi) is 2.44. The van der Waals surface area contributed by atoms with Gasteiger partial charge in [-0.05, 0) is 30.4 Å². The minimum Gasteiger partial charge on any atom is -0.381 e. The second kappa shape index (κ2) is 3.60. The quantitative estimate of drug-likeness (QED) is 0.775. The average molecular weight is 190 g/mol. The fourth-order valence-electron chi connectivity index (χ4n) is 2.24. The first-order valence-corrected chi connectivity index (χ1v) is 5.35. The van der Waals surface area contributed by atoms with Crippen LogP contribution in [0.5, 0.6) is 0 Å². The van der Waals surface area contributed by atoms with E-state index in [4.69, 9.17) is 0 Å². The molecule has 1 aliphatic rings. The van der Waals surface area contributed by atoms with Gasteiger partial charge in [-0.25, -0.2) is 0 Å². The van der Waals surface area contributed by atoms with Gasteiger partial charge in [0.2, 0.25) is 0 Å². The molecular weight excluding hydrogens is 172 g/mol. The molecule has 1 unspecified atom stereocenters. The van der Waals surface area contributed by atoms with Gasteiger partial charge in [-0.2, -0.15) is 0 Å². The van der Waals surface area contributed by atoms with E-state index >= 15 is 0 Å². The molecule has 0 radical (unpaired) electrons. The van der Waals surface area contributed by atoms with Crippen molar-refractivity contribution < 1.29 is 0 Å². The van der Waals surface area contributed by atoms with Gasteiger partial charge in [0.25, 0.3) is 0 Å². The third kappa shape index (κ3) is 1.89. The first kappa shape index (κ1) is 9.50. The molecule has 0 bridgehead atoms. The van der Waals surface area contributed by atoms with Crippen LogP contribution in [0.25, 0.3) is 0 Å². The van der Waals surface area contributed by atoms with Crippen molar-refractivity contribution >= 4 is 5.69 Å². The normalized spacial score (nSPS) is 24.9. The van der Waals surface area contributed by atoms with E-state index in [0.29, 0.717) is 11.5 Å². The molecule has 14 heavy (non-hydrogen) atoms. The molecule has 0 aromatic carbocycles. The van der Waals surface area contributed by atoms with E-state index in [1.165, 1.54) is 19.3 Å². The summed E-state index contributed by atoms with van der Waals surface area (Å²) in [5.41, 5.74) is 1.57. The van der Waals surface area contributed by atoms with Gasteiger partial charge < -0.3 is 5.32 Å². The molecule has 1 aromatic heterocycles. The summed E-state index contributed by atoms with van der Waals surface area (Å²) in [5.74, 6) is 0. The second-order valence-corrected chi connectivity index (χ2v) is 4.82. The average Bonchev–Trinajstić information content (AvgIpc) is 2.48. The van der Waals surface area contributed by atoms with Crippen molar-refractivity contribution in [2.75, 3.05) is 5.32 Å². The summed E-state index contributed by atoms with van der Waals surface area (Å²) in [6, 6.07) is 4.66. The molecule has 2 rings (SSSR count). The summed E-state index contributed by atoms with van der Waals surface area (Å²) in [6.07, 6.45) is 7.65. The Morgan fingerprint density at radius 1 is 1.50 bits per heavy atom. The van der Waals surface area contributed by atoms with Crippen LogP contribution in [0.1, 0.15) is 33.1 Å². The first-order valence-electron chi connectivity index (χ1n) is 5.35. The second-order valence-electron chi connectivity index (χ2n) is 4.82. The van der Waals surface area contributed by atoms with Crippen LogP contribution in [0, 0.1) is 5.41 Å². The summed E-state index contributed by atoms with van der Waals surface area (Å²) in [4.78, 5) is 4.11. The SMILES string of the molecule is CC1(C)CCCC1Nc1cccnc1. The number of nitrogens with one attached hydrogen (secondary N) is 1. The molecule has 2 heteroatoms. The van der Waals surface area contributed by atoms with Crippen LogP contribution in [0.4, 0.5) is 5.69 Å². The molecule has 1 saturated carbocycles. The molecule has 1 aliphatic carbocycles. The Balaban J connectivity index is 2.05. The van der Waals surface area contributed by atoms with Crippen molar-refractivity contribution in [1.82, 2.24) is 4.98 Å². The van der Waals surface area contributed by atoms with Crippen LogP contribution in [0.15, 0.2) is 24.5 Å². The van der Waals surface area contributed by atoms with Crippen LogP contribution in [-0.4, -0.2) is 11.0 Å². The Bertz CT molecular complexity index is 292. The van der Waals surface area contributed by atoms with Crippen LogP contribution in [-0.2, 0) is 0 Å². The van der Waals surface area contributed by atoms with Gasteiger partial charge in [0.05, 0.1) is 5.69 Å². The van der Waals surface area contributed by atoms with Crippen LogP contribution in [0.3, 0.4) is 0 Å². The zero-order valence-corrected chi connectivity index (χ0v) is 8.96. The number of pyridine rings is 1. The van der Waals surface area contributed by atoms with Gasteiger partial charge in [0.15, 0.2) is 0 Å². The molecule has 1 aromatic rings. The van der Waals surface area contributed by atoms with Crippen LogP contribution in [0.2, 0.25) is 0 Å². The summed E-state index contributed by atoms with van der Waals surface area (Å²) in [6.45, 7) is 4.68. The van der Waals surface area contributed by atoms with Gasteiger partial charge in [-0.15, -0.1) is 0 Å². The molecule has 76 valence electrons. The zero-order chi connectivity index (χ0) is 10.0. The number of rotatable bonds is 2. The van der Waals surface area contributed by atoms with Gasteiger partial charge in [0.1, 0.15) is 0 Å². The van der Waals surface area contributed by atoms with Crippen molar-refractivity contribution in [1.29, 1.82) is 0 Å². The lowest BCUT2D eigenvalue weighted by atomic mass is 9.87. The molecule has 0 aliphatic heterocycles. The summed E-state index contributed by atoms with van der Waals surface area (Å²) >= 11 is 0. The topological polar surface area (TPSA) is 24.9 Å². The molecule has 1 fully saturated rings. The highest BCUT2D eigenvalue weighted by Crippen LogP contribution is 2.38. The fourth-order valence-corrected chi connectivity index (χ4v) is 2.24. The molecule has 0 amide bonds. The molecule has 1 N–H and O–H groups in total. The van der Waals surface area contributed by atoms with Crippen molar-refractivity contribution in [3.8, 4) is 0 Å². The minimum atomic E-state index is 0.426. The van der Waals surface area contributed by atoms with E-state index < -0.39 is 0 Å². The predicted molar refractivity (Wildman–Crippen MR) is 59.3 cm³/mol. The first-order chi connectivity index (χ1) is 6.68. The van der Waals surface area contributed by atoms with Gasteiger partial charge >= 0.3 is 0 Å². The lowest BCUT2D eigenvalue weighted by Crippen LogP contribution is -2.30. The lowest BCUT2D eigenvalue weighted by Gasteiger charge is -2.28. The van der Waals surface area contributed by atoms with Crippen molar-refractivity contribution in [2.45, 2.75) is 39.2 Å². The number of anilines is 1. The van der Waals surface area contributed by atoms with Gasteiger partial charge in [-0.1, -0.05) is 20.3 Å². The zero-order valence-electron chi connectivity index (χ0n) is 8.96. The molecule has 2 nitrogen and oxygen atoms in total. The summed E-state index contributed by atoms with van der Waals surface area (Å²) in [5, 5.41) is 3.57. The highest BCUT2D eigenvalue weighted by atomic mass is 15.0. The fraction of sp³-hybridized carbons (Fsp3) is 0.583. The highest BCUT2D eigenvalue weighted by Gasteiger charge is 2.34. The molecular formula is C12H18N2. The van der Waals surface area contributed by atoms with E-state index in [1.54, 1.807) is 0 Å². The van der Waals surface area contributed by atoms with Gasteiger partial charge in [-0.3, -0.25) is 4.98 Å². The standard InChI is InChI=1S/C12H18N2/c1-12(2)7-3-6-11(12)14-10-5-4-8-13-9-10/h4-5,8-9,11,14H,3,6-7H2,1-2H3. The lowest BCUT2D eigenvalue weighted by molar-refractivity contribution is 0.350. The number of hydrogen-bond acceptors (Lipinski definition) is 2. The van der Waals surface area contributed by atoms with E-state index in [2.05, 4.69) is 30.2 Å². The maximum absolute atomic E-state index is 4.11. The highest BCUT2D eigenvalue weighted by molar-refractivity contribution is 5.41. The number of aromatic nitrogens is 1. The third-order valence-corrected chi connectivity index (χ3v) is 3.26. The summed E-state index contributed by atoms with van der Waals surface area (Å²) in [7, 11) is 0.